The van der Waals surface area contributed by atoms with Gasteiger partial charge in [-0.25, -0.2) is 0 Å². The fraction of sp³-hybridized carbons (Fsp3) is 0.500. The van der Waals surface area contributed by atoms with Crippen molar-refractivity contribution in [3.63, 3.8) is 0 Å². The van der Waals surface area contributed by atoms with E-state index in [9.17, 15) is 5.11 Å². The zero-order chi connectivity index (χ0) is 9.97. The van der Waals surface area contributed by atoms with Crippen LogP contribution >= 0.6 is 0 Å². The molecule has 14 heavy (non-hydrogen) atoms. The smallest absolute Gasteiger partial charge is 0.122 e. The number of aliphatic hydroxyl groups is 1. The SMILES string of the molecule is CC[C@H](O)c1ccc2c(c1)CCCO2. The molecule has 0 unspecified atom stereocenters. The number of rotatable bonds is 2. The molecule has 1 atom stereocenters. The predicted octanol–water partition coefficient (Wildman–Crippen LogP) is 2.46. The van der Waals surface area contributed by atoms with E-state index in [0.717, 1.165) is 37.2 Å². The second kappa shape index (κ2) is 4.01. The third-order valence-corrected chi connectivity index (χ3v) is 2.70. The normalized spacial score (nSPS) is 17.0. The number of aryl methyl sites for hydroxylation is 1. The van der Waals surface area contributed by atoms with Gasteiger partial charge in [0.05, 0.1) is 12.7 Å². The molecule has 2 heteroatoms. The summed E-state index contributed by atoms with van der Waals surface area (Å²) < 4.78 is 5.51. The van der Waals surface area contributed by atoms with Crippen LogP contribution in [0.5, 0.6) is 5.75 Å². The van der Waals surface area contributed by atoms with Crippen molar-refractivity contribution in [2.45, 2.75) is 32.3 Å². The minimum atomic E-state index is -0.331. The molecule has 1 aromatic rings. The maximum absolute atomic E-state index is 9.69. The number of hydrogen-bond donors (Lipinski definition) is 1. The van der Waals surface area contributed by atoms with E-state index in [4.69, 9.17) is 4.74 Å². The minimum absolute atomic E-state index is 0.331. The lowest BCUT2D eigenvalue weighted by Crippen LogP contribution is -2.09. The van der Waals surface area contributed by atoms with Crippen LogP contribution in [-0.2, 0) is 6.42 Å². The molecule has 0 radical (unpaired) electrons. The molecule has 1 N–H and O–H groups in total. The summed E-state index contributed by atoms with van der Waals surface area (Å²) >= 11 is 0. The Morgan fingerprint density at radius 3 is 3.14 bits per heavy atom. The molecule has 0 aliphatic carbocycles. The number of ether oxygens (including phenoxy) is 1. The van der Waals surface area contributed by atoms with E-state index in [1.165, 1.54) is 5.56 Å². The van der Waals surface area contributed by atoms with Gasteiger partial charge in [-0.05, 0) is 42.5 Å². The molecule has 1 aliphatic heterocycles. The Kier molecular flexibility index (Phi) is 2.73. The van der Waals surface area contributed by atoms with Crippen molar-refractivity contribution in [1.82, 2.24) is 0 Å². The Bertz CT molecular complexity index is 320. The summed E-state index contributed by atoms with van der Waals surface area (Å²) in [5.74, 6) is 0.989. The van der Waals surface area contributed by atoms with Gasteiger partial charge in [0.25, 0.3) is 0 Å². The average molecular weight is 192 g/mol. The molecular weight excluding hydrogens is 176 g/mol. The first-order valence-electron chi connectivity index (χ1n) is 5.25. The second-order valence-corrected chi connectivity index (χ2v) is 3.74. The maximum atomic E-state index is 9.69. The Balaban J connectivity index is 2.29. The van der Waals surface area contributed by atoms with Gasteiger partial charge in [-0.3, -0.25) is 0 Å². The molecule has 2 nitrogen and oxygen atoms in total. The number of fused-ring (bicyclic) bond motifs is 1. The Morgan fingerprint density at radius 2 is 2.36 bits per heavy atom. The van der Waals surface area contributed by atoms with E-state index in [1.807, 2.05) is 19.1 Å². The lowest BCUT2D eigenvalue weighted by atomic mass is 10.00. The molecule has 0 saturated carbocycles. The summed E-state index contributed by atoms with van der Waals surface area (Å²) in [7, 11) is 0. The van der Waals surface area contributed by atoms with Crippen LogP contribution in [0, 0.1) is 0 Å². The molecule has 0 fully saturated rings. The molecule has 2 rings (SSSR count). The molecule has 1 aromatic carbocycles. The topological polar surface area (TPSA) is 29.5 Å². The van der Waals surface area contributed by atoms with Crippen LogP contribution in [0.15, 0.2) is 18.2 Å². The standard InChI is InChI=1S/C12H16O2/c1-2-11(13)9-5-6-12-10(8-9)4-3-7-14-12/h5-6,8,11,13H,2-4,7H2,1H3/t11-/m0/s1. The molecule has 1 aliphatic rings. The van der Waals surface area contributed by atoms with Crippen molar-refractivity contribution in [1.29, 1.82) is 0 Å². The minimum Gasteiger partial charge on any atom is -0.493 e. The van der Waals surface area contributed by atoms with Crippen molar-refractivity contribution in [3.05, 3.63) is 29.3 Å². The van der Waals surface area contributed by atoms with Crippen LogP contribution in [0.3, 0.4) is 0 Å². The van der Waals surface area contributed by atoms with E-state index in [-0.39, 0.29) is 6.10 Å². The Hall–Kier alpha value is -1.02. The zero-order valence-corrected chi connectivity index (χ0v) is 8.49. The van der Waals surface area contributed by atoms with Crippen LogP contribution < -0.4 is 4.74 Å². The van der Waals surface area contributed by atoms with E-state index in [0.29, 0.717) is 0 Å². The average Bonchev–Trinajstić information content (AvgIpc) is 2.27. The zero-order valence-electron chi connectivity index (χ0n) is 8.49. The lowest BCUT2D eigenvalue weighted by molar-refractivity contribution is 0.173. The highest BCUT2D eigenvalue weighted by Crippen LogP contribution is 2.28. The highest BCUT2D eigenvalue weighted by molar-refractivity contribution is 5.39. The highest BCUT2D eigenvalue weighted by Gasteiger charge is 2.12. The van der Waals surface area contributed by atoms with Gasteiger partial charge in [0.15, 0.2) is 0 Å². The Morgan fingerprint density at radius 1 is 1.50 bits per heavy atom. The third-order valence-electron chi connectivity index (χ3n) is 2.70. The van der Waals surface area contributed by atoms with Gasteiger partial charge in [0.1, 0.15) is 5.75 Å². The van der Waals surface area contributed by atoms with Gasteiger partial charge < -0.3 is 9.84 Å². The van der Waals surface area contributed by atoms with Gasteiger partial charge in [0, 0.05) is 0 Å². The highest BCUT2D eigenvalue weighted by atomic mass is 16.5. The van der Waals surface area contributed by atoms with E-state index >= 15 is 0 Å². The van der Waals surface area contributed by atoms with Crippen LogP contribution in [0.1, 0.15) is 37.0 Å². The molecule has 0 aromatic heterocycles. The number of benzene rings is 1. The first-order valence-corrected chi connectivity index (χ1v) is 5.25. The molecule has 1 heterocycles. The summed E-state index contributed by atoms with van der Waals surface area (Å²) in [5.41, 5.74) is 2.25. The summed E-state index contributed by atoms with van der Waals surface area (Å²) in [6.07, 6.45) is 2.58. The van der Waals surface area contributed by atoms with Crippen LogP contribution in [-0.4, -0.2) is 11.7 Å². The summed E-state index contributed by atoms with van der Waals surface area (Å²) in [5, 5.41) is 9.69. The first-order chi connectivity index (χ1) is 6.81. The molecule has 0 bridgehead atoms. The second-order valence-electron chi connectivity index (χ2n) is 3.74. The Labute approximate surface area is 84.5 Å². The summed E-state index contributed by atoms with van der Waals surface area (Å²) in [6, 6.07) is 6.00. The third kappa shape index (κ3) is 1.75. The maximum Gasteiger partial charge on any atom is 0.122 e. The lowest BCUT2D eigenvalue weighted by Gasteiger charge is -2.19. The van der Waals surface area contributed by atoms with Crippen molar-refractivity contribution in [2.24, 2.45) is 0 Å². The molecular formula is C12H16O2. The van der Waals surface area contributed by atoms with Crippen molar-refractivity contribution in [3.8, 4) is 5.75 Å². The number of aliphatic hydroxyl groups excluding tert-OH is 1. The summed E-state index contributed by atoms with van der Waals surface area (Å²) in [4.78, 5) is 0. The predicted molar refractivity (Wildman–Crippen MR) is 55.5 cm³/mol. The van der Waals surface area contributed by atoms with E-state index in [1.54, 1.807) is 0 Å². The molecule has 76 valence electrons. The van der Waals surface area contributed by atoms with Gasteiger partial charge in [0.2, 0.25) is 0 Å². The van der Waals surface area contributed by atoms with Gasteiger partial charge >= 0.3 is 0 Å². The fourth-order valence-electron chi connectivity index (χ4n) is 1.82. The molecule has 0 amide bonds. The van der Waals surface area contributed by atoms with E-state index < -0.39 is 0 Å². The first kappa shape index (κ1) is 9.53. The van der Waals surface area contributed by atoms with Crippen LogP contribution in [0.2, 0.25) is 0 Å². The monoisotopic (exact) mass is 192 g/mol. The van der Waals surface area contributed by atoms with Gasteiger partial charge in [-0.1, -0.05) is 13.0 Å². The van der Waals surface area contributed by atoms with Crippen molar-refractivity contribution < 1.29 is 9.84 Å². The van der Waals surface area contributed by atoms with Gasteiger partial charge in [-0.15, -0.1) is 0 Å². The molecule has 0 spiro atoms. The van der Waals surface area contributed by atoms with Crippen LogP contribution in [0.4, 0.5) is 0 Å². The largest absolute Gasteiger partial charge is 0.493 e. The van der Waals surface area contributed by atoms with Crippen LogP contribution in [0.25, 0.3) is 0 Å². The number of hydrogen-bond acceptors (Lipinski definition) is 2. The van der Waals surface area contributed by atoms with Crippen molar-refractivity contribution >= 4 is 0 Å². The van der Waals surface area contributed by atoms with E-state index in [2.05, 4.69) is 6.07 Å². The quantitative estimate of drug-likeness (QED) is 0.780. The van der Waals surface area contributed by atoms with Gasteiger partial charge in [-0.2, -0.15) is 0 Å². The molecule has 0 saturated heterocycles. The summed E-state index contributed by atoms with van der Waals surface area (Å²) in [6.45, 7) is 2.81. The fourth-order valence-corrected chi connectivity index (χ4v) is 1.82. The van der Waals surface area contributed by atoms with Crippen molar-refractivity contribution in [2.75, 3.05) is 6.61 Å².